The Bertz CT molecular complexity index is 1080. The zero-order valence-corrected chi connectivity index (χ0v) is 19.1. The second-order valence-electron chi connectivity index (χ2n) is 8.92. The number of likely N-dealkylation sites (N-methyl/N-ethyl adjacent to an activating group) is 1. The lowest BCUT2D eigenvalue weighted by Gasteiger charge is -2.35. The quantitative estimate of drug-likeness (QED) is 0.362. The summed E-state index contributed by atoms with van der Waals surface area (Å²) in [5, 5.41) is 30.0. The molecule has 35 heavy (non-hydrogen) atoms. The average molecular weight is 487 g/mol. The number of para-hydroxylation sites is 1. The molecule has 12 nitrogen and oxygen atoms in total. The lowest BCUT2D eigenvalue weighted by molar-refractivity contribution is -0.154. The van der Waals surface area contributed by atoms with Gasteiger partial charge in [0.15, 0.2) is 5.78 Å². The van der Waals surface area contributed by atoms with Crippen LogP contribution < -0.4 is 4.65 Å². The van der Waals surface area contributed by atoms with E-state index in [2.05, 4.69) is 0 Å². The van der Waals surface area contributed by atoms with Gasteiger partial charge in [0.2, 0.25) is 0 Å². The van der Waals surface area contributed by atoms with E-state index in [1.165, 1.54) is 11.0 Å². The van der Waals surface area contributed by atoms with Gasteiger partial charge in [-0.1, -0.05) is 12.1 Å². The molecule has 0 bridgehead atoms. The zero-order valence-electron chi connectivity index (χ0n) is 19.1. The molecule has 186 valence electrons. The highest BCUT2D eigenvalue weighted by atomic mass is 16.5. The van der Waals surface area contributed by atoms with Gasteiger partial charge in [0.25, 0.3) is 0 Å². The molecule has 3 N–H and O–H groups in total. The summed E-state index contributed by atoms with van der Waals surface area (Å²) in [5.74, 6) is -4.06. The van der Waals surface area contributed by atoms with Gasteiger partial charge in [-0.05, 0) is 25.0 Å². The molecule has 13 heteroatoms. The number of hydrogen-bond donors (Lipinski definition) is 3. The number of carboxylic acid groups (broad SMARTS) is 1. The molecular weight excluding hydrogens is 461 g/mol. The molecule has 3 atom stereocenters. The van der Waals surface area contributed by atoms with Crippen LogP contribution >= 0.6 is 0 Å². The minimum Gasteiger partial charge on any atom is -0.535 e. The first-order valence-corrected chi connectivity index (χ1v) is 11.4. The van der Waals surface area contributed by atoms with Crippen LogP contribution in [0.15, 0.2) is 18.2 Å². The minimum atomic E-state index is -1.44. The van der Waals surface area contributed by atoms with Crippen LogP contribution in [0.25, 0.3) is 0 Å². The molecule has 1 aromatic carbocycles. The van der Waals surface area contributed by atoms with Gasteiger partial charge in [0.1, 0.15) is 5.75 Å². The number of amides is 4. The highest BCUT2D eigenvalue weighted by Gasteiger charge is 2.46. The monoisotopic (exact) mass is 487 g/mol. The number of carboxylic acids is 1. The smallest absolute Gasteiger partial charge is 0.526 e. The third-order valence-electron chi connectivity index (χ3n) is 6.73. The summed E-state index contributed by atoms with van der Waals surface area (Å²) in [5.41, 5.74) is 0.440. The maximum absolute atomic E-state index is 13.2. The van der Waals surface area contributed by atoms with E-state index < -0.39 is 54.7 Å². The molecule has 2 fully saturated rings. The molecule has 4 amide bonds. The normalized spacial score (nSPS) is 24.4. The first-order valence-electron chi connectivity index (χ1n) is 11.4. The fourth-order valence-corrected chi connectivity index (χ4v) is 4.87. The van der Waals surface area contributed by atoms with Gasteiger partial charge in [-0.3, -0.25) is 19.3 Å². The van der Waals surface area contributed by atoms with E-state index >= 15 is 0 Å². The Morgan fingerprint density at radius 3 is 2.60 bits per heavy atom. The molecule has 0 saturated carbocycles. The van der Waals surface area contributed by atoms with Crippen molar-refractivity contribution in [2.45, 2.75) is 44.1 Å². The Balaban J connectivity index is 1.47. The number of carbonyl (C=O) groups is 5. The minimum absolute atomic E-state index is 0.0113. The van der Waals surface area contributed by atoms with Crippen molar-refractivity contribution in [3.63, 3.8) is 0 Å². The lowest BCUT2D eigenvalue weighted by Crippen LogP contribution is -2.60. The second kappa shape index (κ2) is 9.66. The van der Waals surface area contributed by atoms with Crippen molar-refractivity contribution in [2.75, 3.05) is 26.2 Å². The van der Waals surface area contributed by atoms with Gasteiger partial charge in [-0.25, -0.2) is 9.59 Å². The van der Waals surface area contributed by atoms with E-state index in [0.29, 0.717) is 12.1 Å². The van der Waals surface area contributed by atoms with Crippen LogP contribution in [-0.4, -0.2) is 105 Å². The Morgan fingerprint density at radius 1 is 1.17 bits per heavy atom. The molecule has 3 aliphatic heterocycles. The first-order chi connectivity index (χ1) is 16.6. The van der Waals surface area contributed by atoms with E-state index in [4.69, 9.17) is 4.65 Å². The highest BCUT2D eigenvalue weighted by molar-refractivity contribution is 6.47. The van der Waals surface area contributed by atoms with Gasteiger partial charge in [0, 0.05) is 44.8 Å². The van der Waals surface area contributed by atoms with Crippen molar-refractivity contribution < 1.29 is 43.9 Å². The van der Waals surface area contributed by atoms with Gasteiger partial charge in [-0.15, -0.1) is 0 Å². The number of Topliss-reactive ketones (excluding diaryl/α,β-unsaturated/α-hetero) is 1. The molecule has 0 spiro atoms. The molecule has 4 rings (SSSR count). The fraction of sp³-hybridized carbons (Fsp3) is 0.500. The molecule has 3 aliphatic rings. The number of ketones is 1. The van der Waals surface area contributed by atoms with E-state index in [9.17, 15) is 39.2 Å². The molecule has 0 unspecified atom stereocenters. The second-order valence-corrected chi connectivity index (χ2v) is 8.92. The summed E-state index contributed by atoms with van der Waals surface area (Å²) in [7, 11) is -1.44. The summed E-state index contributed by atoms with van der Waals surface area (Å²) < 4.78 is 5.44. The Labute approximate surface area is 201 Å². The van der Waals surface area contributed by atoms with Crippen LogP contribution in [0.3, 0.4) is 0 Å². The number of fused-ring (bicyclic) bond motifs is 1. The fourth-order valence-electron chi connectivity index (χ4n) is 4.87. The average Bonchev–Trinajstić information content (AvgIpc) is 3.22. The number of aliphatic hydroxyl groups is 1. The molecule has 0 aromatic heterocycles. The van der Waals surface area contributed by atoms with Crippen molar-refractivity contribution in [1.82, 2.24) is 14.7 Å². The van der Waals surface area contributed by atoms with Crippen molar-refractivity contribution in [1.29, 1.82) is 0 Å². The molecular formula is C22H26BN3O9. The number of carbonyl (C=O) groups excluding carboxylic acids is 4. The third kappa shape index (κ3) is 4.60. The Morgan fingerprint density at radius 2 is 1.91 bits per heavy atom. The summed E-state index contributed by atoms with van der Waals surface area (Å²) in [4.78, 5) is 65.6. The Kier molecular flexibility index (Phi) is 6.81. The topological polar surface area (TPSA) is 165 Å². The predicted octanol–water partition coefficient (Wildman–Crippen LogP) is -0.624. The largest absolute Gasteiger partial charge is 0.535 e. The molecule has 3 heterocycles. The third-order valence-corrected chi connectivity index (χ3v) is 6.73. The van der Waals surface area contributed by atoms with Gasteiger partial charge in [0.05, 0.1) is 17.7 Å². The maximum Gasteiger partial charge on any atom is 0.526 e. The maximum atomic E-state index is 13.2. The van der Waals surface area contributed by atoms with Crippen molar-refractivity contribution in [2.24, 2.45) is 0 Å². The number of nitrogens with zero attached hydrogens (tertiary/aromatic N) is 3. The standard InChI is InChI=1S/C22H26BN3O9/c1-2-24-6-7-25(20(30)19(24)29)22(33)26-11-14(27)10-16(26)17(28)9-13-8-12-4-3-5-15(21(31)32)18(12)35-23(13)34/h3-5,13-14,16,27,34H,2,6-11H2,1H3,(H,31,32)/t13-,14-,16-/m1/s1. The number of aromatic carboxylic acids is 1. The number of likely N-dealkylation sites (tertiary alicyclic amines) is 1. The number of imide groups is 1. The van der Waals surface area contributed by atoms with E-state index in [1.807, 2.05) is 0 Å². The molecule has 1 aromatic rings. The van der Waals surface area contributed by atoms with Gasteiger partial charge >= 0.3 is 30.9 Å². The van der Waals surface area contributed by atoms with Gasteiger partial charge < -0.3 is 29.7 Å². The number of β-amino-alcohol motifs (C(OH)–C–C–N with tert-alkyl or cyclic N) is 1. The van der Waals surface area contributed by atoms with Gasteiger partial charge in [-0.2, -0.15) is 0 Å². The van der Waals surface area contributed by atoms with E-state index in [0.717, 1.165) is 9.80 Å². The highest BCUT2D eigenvalue weighted by Crippen LogP contribution is 2.37. The number of aliphatic hydroxyl groups excluding tert-OH is 1. The summed E-state index contributed by atoms with van der Waals surface area (Å²) in [6.45, 7) is 2.06. The number of piperazine rings is 1. The number of hydrogen-bond acceptors (Lipinski definition) is 8. The summed E-state index contributed by atoms with van der Waals surface area (Å²) in [6.07, 6.45) is -1.04. The van der Waals surface area contributed by atoms with Crippen LogP contribution in [0, 0.1) is 0 Å². The van der Waals surface area contributed by atoms with Crippen LogP contribution in [0.4, 0.5) is 4.79 Å². The van der Waals surface area contributed by atoms with Crippen LogP contribution in [0.1, 0.15) is 35.7 Å². The number of benzene rings is 1. The lowest BCUT2D eigenvalue weighted by atomic mass is 9.64. The zero-order chi connectivity index (χ0) is 25.4. The first kappa shape index (κ1) is 24.7. The van der Waals surface area contributed by atoms with Crippen LogP contribution in [-0.2, 0) is 20.8 Å². The van der Waals surface area contributed by atoms with Crippen LogP contribution in [0.2, 0.25) is 5.82 Å². The van der Waals surface area contributed by atoms with E-state index in [-0.39, 0.29) is 50.2 Å². The van der Waals surface area contributed by atoms with Crippen molar-refractivity contribution in [3.8, 4) is 5.75 Å². The number of rotatable bonds is 5. The molecule has 0 radical (unpaired) electrons. The van der Waals surface area contributed by atoms with Crippen LogP contribution in [0.5, 0.6) is 5.75 Å². The summed E-state index contributed by atoms with van der Waals surface area (Å²) >= 11 is 0. The SMILES string of the molecule is CCN1CCN(C(=O)N2C[C@H](O)C[C@@H]2C(=O)C[C@H]2Cc3cccc(C(=O)O)c3OB2O)C(=O)C1=O. The molecule has 0 aliphatic carbocycles. The van der Waals surface area contributed by atoms with Crippen molar-refractivity contribution >= 4 is 36.7 Å². The molecule has 2 saturated heterocycles. The van der Waals surface area contributed by atoms with E-state index in [1.54, 1.807) is 19.1 Å². The van der Waals surface area contributed by atoms with Crippen molar-refractivity contribution in [3.05, 3.63) is 29.3 Å². The predicted molar refractivity (Wildman–Crippen MR) is 120 cm³/mol. The number of urea groups is 1. The Hall–Kier alpha value is -3.45. The summed E-state index contributed by atoms with van der Waals surface area (Å²) in [6, 6.07) is 2.70.